The van der Waals surface area contributed by atoms with Crippen LogP contribution in [0.15, 0.2) is 30.3 Å². The fourth-order valence-corrected chi connectivity index (χ4v) is 4.19. The van der Waals surface area contributed by atoms with E-state index < -0.39 is 0 Å². The molecular formula is C18H22N2O2S. The van der Waals surface area contributed by atoms with Gasteiger partial charge < -0.3 is 10.0 Å². The van der Waals surface area contributed by atoms with Gasteiger partial charge in [-0.3, -0.25) is 4.79 Å². The molecule has 1 atom stereocenters. The second-order valence-corrected chi connectivity index (χ2v) is 6.96. The molecule has 1 fully saturated rings. The van der Waals surface area contributed by atoms with Crippen LogP contribution in [0.4, 0.5) is 0 Å². The number of benzene rings is 1. The number of aryl methyl sites for hydroxylation is 1. The number of amides is 1. The molecule has 0 spiro atoms. The summed E-state index contributed by atoms with van der Waals surface area (Å²) in [6, 6.07) is 10.2. The fraction of sp³-hybridized carbons (Fsp3) is 0.444. The predicted octanol–water partition coefficient (Wildman–Crippen LogP) is 3.50. The largest absolute Gasteiger partial charge is 0.396 e. The van der Waals surface area contributed by atoms with E-state index in [0.29, 0.717) is 0 Å². The minimum Gasteiger partial charge on any atom is -0.396 e. The topological polar surface area (TPSA) is 53.4 Å². The lowest BCUT2D eigenvalue weighted by Crippen LogP contribution is -2.35. The van der Waals surface area contributed by atoms with Crippen molar-refractivity contribution in [2.45, 2.75) is 38.6 Å². The van der Waals surface area contributed by atoms with Crippen molar-refractivity contribution in [3.63, 3.8) is 0 Å². The second-order valence-electron chi connectivity index (χ2n) is 5.96. The van der Waals surface area contributed by atoms with Crippen LogP contribution >= 0.6 is 11.3 Å². The highest BCUT2D eigenvalue weighted by atomic mass is 32.1. The van der Waals surface area contributed by atoms with Gasteiger partial charge in [0.25, 0.3) is 5.91 Å². The monoisotopic (exact) mass is 330 g/mol. The Morgan fingerprint density at radius 3 is 2.91 bits per heavy atom. The van der Waals surface area contributed by atoms with Crippen molar-refractivity contribution in [3.8, 4) is 10.6 Å². The van der Waals surface area contributed by atoms with E-state index in [1.54, 1.807) is 0 Å². The molecule has 5 heteroatoms. The summed E-state index contributed by atoms with van der Waals surface area (Å²) in [5.41, 5.74) is 1.87. The molecule has 1 amide bonds. The van der Waals surface area contributed by atoms with Gasteiger partial charge in [-0.2, -0.15) is 0 Å². The third kappa shape index (κ3) is 3.46. The van der Waals surface area contributed by atoms with Gasteiger partial charge in [0, 0.05) is 24.8 Å². The average Bonchev–Trinajstić information content (AvgIpc) is 3.19. The maximum absolute atomic E-state index is 12.9. The van der Waals surface area contributed by atoms with Crippen LogP contribution in [0.5, 0.6) is 0 Å². The number of hydrogen-bond acceptors (Lipinski definition) is 4. The maximum atomic E-state index is 12.9. The van der Waals surface area contributed by atoms with Crippen molar-refractivity contribution in [2.24, 2.45) is 0 Å². The van der Waals surface area contributed by atoms with Crippen LogP contribution in [-0.4, -0.2) is 40.1 Å². The van der Waals surface area contributed by atoms with E-state index in [0.717, 1.165) is 53.4 Å². The second kappa shape index (κ2) is 7.23. The molecule has 0 saturated carbocycles. The molecule has 1 aliphatic rings. The Hall–Kier alpha value is -1.72. The van der Waals surface area contributed by atoms with Gasteiger partial charge in [0.1, 0.15) is 9.88 Å². The standard InChI is InChI=1S/C18H22N2O2S/c1-13-16(23-17(19-13)14-7-3-2-4-8-14)18(22)20-11-5-9-15(20)10-6-12-21/h2-4,7-8,15,21H,5-6,9-12H2,1H3. The third-order valence-electron chi connectivity index (χ3n) is 4.35. The quantitative estimate of drug-likeness (QED) is 0.913. The van der Waals surface area contributed by atoms with Gasteiger partial charge in [0.15, 0.2) is 0 Å². The van der Waals surface area contributed by atoms with E-state index in [-0.39, 0.29) is 18.6 Å². The number of rotatable bonds is 5. The molecular weight excluding hydrogens is 308 g/mol. The Balaban J connectivity index is 1.81. The van der Waals surface area contributed by atoms with Crippen molar-refractivity contribution in [1.29, 1.82) is 0 Å². The molecule has 2 heterocycles. The van der Waals surface area contributed by atoms with E-state index >= 15 is 0 Å². The number of likely N-dealkylation sites (tertiary alicyclic amines) is 1. The van der Waals surface area contributed by atoms with Crippen molar-refractivity contribution < 1.29 is 9.90 Å². The lowest BCUT2D eigenvalue weighted by atomic mass is 10.1. The summed E-state index contributed by atoms with van der Waals surface area (Å²) in [5.74, 6) is 0.0996. The summed E-state index contributed by atoms with van der Waals surface area (Å²) < 4.78 is 0. The van der Waals surface area contributed by atoms with Crippen LogP contribution in [0.25, 0.3) is 10.6 Å². The molecule has 0 bridgehead atoms. The van der Waals surface area contributed by atoms with Crippen molar-refractivity contribution in [1.82, 2.24) is 9.88 Å². The van der Waals surface area contributed by atoms with E-state index in [9.17, 15) is 4.79 Å². The Bertz CT molecular complexity index is 669. The number of nitrogens with zero attached hydrogens (tertiary/aromatic N) is 2. The minimum atomic E-state index is 0.0996. The molecule has 1 aromatic carbocycles. The molecule has 23 heavy (non-hydrogen) atoms. The van der Waals surface area contributed by atoms with Gasteiger partial charge >= 0.3 is 0 Å². The van der Waals surface area contributed by atoms with Gasteiger partial charge in [-0.25, -0.2) is 4.98 Å². The zero-order valence-electron chi connectivity index (χ0n) is 13.4. The van der Waals surface area contributed by atoms with Gasteiger partial charge in [-0.15, -0.1) is 11.3 Å². The van der Waals surface area contributed by atoms with Gasteiger partial charge in [0.05, 0.1) is 5.69 Å². The van der Waals surface area contributed by atoms with Crippen LogP contribution in [0.2, 0.25) is 0 Å². The first-order valence-electron chi connectivity index (χ1n) is 8.15. The Morgan fingerprint density at radius 1 is 1.39 bits per heavy atom. The highest BCUT2D eigenvalue weighted by Crippen LogP contribution is 2.31. The molecule has 0 aliphatic carbocycles. The molecule has 1 aromatic heterocycles. The molecule has 0 radical (unpaired) electrons. The predicted molar refractivity (Wildman–Crippen MR) is 92.7 cm³/mol. The highest BCUT2D eigenvalue weighted by Gasteiger charge is 2.31. The summed E-state index contributed by atoms with van der Waals surface area (Å²) in [6.07, 6.45) is 3.72. The zero-order valence-corrected chi connectivity index (χ0v) is 14.2. The van der Waals surface area contributed by atoms with Crippen LogP contribution < -0.4 is 0 Å². The first-order valence-corrected chi connectivity index (χ1v) is 8.97. The van der Waals surface area contributed by atoms with Crippen LogP contribution in [0.3, 0.4) is 0 Å². The summed E-state index contributed by atoms with van der Waals surface area (Å²) in [5, 5.41) is 9.93. The van der Waals surface area contributed by atoms with Crippen molar-refractivity contribution >= 4 is 17.2 Å². The Morgan fingerprint density at radius 2 is 2.17 bits per heavy atom. The summed E-state index contributed by atoms with van der Waals surface area (Å²) in [7, 11) is 0. The smallest absolute Gasteiger partial charge is 0.266 e. The fourth-order valence-electron chi connectivity index (χ4n) is 3.16. The third-order valence-corrected chi connectivity index (χ3v) is 5.54. The Labute approximate surface area is 140 Å². The summed E-state index contributed by atoms with van der Waals surface area (Å²) in [6.45, 7) is 2.91. The zero-order chi connectivity index (χ0) is 16.2. The molecule has 1 aliphatic heterocycles. The number of aliphatic hydroxyl groups excluding tert-OH is 1. The van der Waals surface area contributed by atoms with E-state index in [2.05, 4.69) is 4.98 Å². The van der Waals surface area contributed by atoms with E-state index in [1.165, 1.54) is 11.3 Å². The van der Waals surface area contributed by atoms with Crippen molar-refractivity contribution in [2.75, 3.05) is 13.2 Å². The number of carbonyl (C=O) groups excluding carboxylic acids is 1. The van der Waals surface area contributed by atoms with Crippen molar-refractivity contribution in [3.05, 3.63) is 40.9 Å². The molecule has 2 aromatic rings. The SMILES string of the molecule is Cc1nc(-c2ccccc2)sc1C(=O)N1CCCC1CCCO. The van der Waals surface area contributed by atoms with Crippen LogP contribution in [-0.2, 0) is 0 Å². The summed E-state index contributed by atoms with van der Waals surface area (Å²) >= 11 is 1.48. The molecule has 1 N–H and O–H groups in total. The minimum absolute atomic E-state index is 0.0996. The number of hydrogen-bond donors (Lipinski definition) is 1. The Kier molecular flexibility index (Phi) is 5.08. The van der Waals surface area contributed by atoms with Gasteiger partial charge in [0.2, 0.25) is 0 Å². The molecule has 1 saturated heterocycles. The first-order chi connectivity index (χ1) is 11.2. The molecule has 122 valence electrons. The normalized spacial score (nSPS) is 17.7. The molecule has 4 nitrogen and oxygen atoms in total. The maximum Gasteiger partial charge on any atom is 0.266 e. The molecule has 3 rings (SSSR count). The van der Waals surface area contributed by atoms with Crippen LogP contribution in [0.1, 0.15) is 41.0 Å². The number of thiazole rings is 1. The van der Waals surface area contributed by atoms with Gasteiger partial charge in [-0.05, 0) is 32.6 Å². The van der Waals surface area contributed by atoms with Gasteiger partial charge in [-0.1, -0.05) is 30.3 Å². The highest BCUT2D eigenvalue weighted by molar-refractivity contribution is 7.17. The lowest BCUT2D eigenvalue weighted by molar-refractivity contribution is 0.0728. The van der Waals surface area contributed by atoms with Crippen LogP contribution in [0, 0.1) is 6.92 Å². The van der Waals surface area contributed by atoms with E-state index in [4.69, 9.17) is 5.11 Å². The number of aromatic nitrogens is 1. The van der Waals surface area contributed by atoms with E-state index in [1.807, 2.05) is 42.2 Å². The number of aliphatic hydroxyl groups is 1. The number of carbonyl (C=O) groups is 1. The summed E-state index contributed by atoms with van der Waals surface area (Å²) in [4.78, 5) is 20.2. The first kappa shape index (κ1) is 16.1. The average molecular weight is 330 g/mol. The lowest BCUT2D eigenvalue weighted by Gasteiger charge is -2.24. The molecule has 1 unspecified atom stereocenters.